The predicted molar refractivity (Wildman–Crippen MR) is 33.6 cm³/mol. The van der Waals surface area contributed by atoms with Crippen molar-refractivity contribution in [2.75, 3.05) is 0 Å². The Kier molecular flexibility index (Phi) is 1.99. The number of hydrogen-bond donors (Lipinski definition) is 1. The van der Waals surface area contributed by atoms with Crippen molar-refractivity contribution in [1.29, 1.82) is 0 Å². The number of rotatable bonds is 2. The SMILES string of the molecule is O=CCc1ccc[n+](O)c1. The molecule has 0 bridgehead atoms. The van der Waals surface area contributed by atoms with E-state index in [1.54, 1.807) is 12.1 Å². The van der Waals surface area contributed by atoms with Gasteiger partial charge in [-0.15, -0.1) is 0 Å². The number of nitrogens with zero attached hydrogens (tertiary/aromatic N) is 1. The first-order chi connectivity index (χ1) is 4.83. The van der Waals surface area contributed by atoms with Crippen molar-refractivity contribution in [2.45, 2.75) is 6.42 Å². The Morgan fingerprint density at radius 3 is 3.10 bits per heavy atom. The van der Waals surface area contributed by atoms with E-state index in [1.165, 1.54) is 12.4 Å². The summed E-state index contributed by atoms with van der Waals surface area (Å²) in [4.78, 5) is 9.99. The maximum Gasteiger partial charge on any atom is 0.225 e. The van der Waals surface area contributed by atoms with E-state index in [0.29, 0.717) is 6.42 Å². The van der Waals surface area contributed by atoms with Gasteiger partial charge in [0.2, 0.25) is 12.4 Å². The molecule has 1 aromatic heterocycles. The third kappa shape index (κ3) is 1.55. The van der Waals surface area contributed by atoms with Crippen LogP contribution >= 0.6 is 0 Å². The van der Waals surface area contributed by atoms with E-state index in [9.17, 15) is 4.79 Å². The van der Waals surface area contributed by atoms with Gasteiger partial charge in [-0.05, 0) is 6.07 Å². The maximum atomic E-state index is 9.99. The first-order valence-electron chi connectivity index (χ1n) is 2.96. The zero-order valence-corrected chi connectivity index (χ0v) is 5.40. The zero-order chi connectivity index (χ0) is 7.40. The van der Waals surface area contributed by atoms with Crippen LogP contribution in [0.2, 0.25) is 0 Å². The van der Waals surface area contributed by atoms with E-state index >= 15 is 0 Å². The lowest BCUT2D eigenvalue weighted by Crippen LogP contribution is -2.28. The van der Waals surface area contributed by atoms with Crippen LogP contribution < -0.4 is 4.73 Å². The van der Waals surface area contributed by atoms with Crippen molar-refractivity contribution in [2.24, 2.45) is 0 Å². The molecule has 3 heteroatoms. The molecule has 0 aromatic carbocycles. The molecule has 1 N–H and O–H groups in total. The van der Waals surface area contributed by atoms with E-state index in [0.717, 1.165) is 16.6 Å². The van der Waals surface area contributed by atoms with Crippen LogP contribution in [0.15, 0.2) is 24.5 Å². The summed E-state index contributed by atoms with van der Waals surface area (Å²) in [7, 11) is 0. The predicted octanol–water partition coefficient (Wildman–Crippen LogP) is -0.0472. The van der Waals surface area contributed by atoms with Crippen molar-refractivity contribution < 1.29 is 14.7 Å². The van der Waals surface area contributed by atoms with Gasteiger partial charge in [-0.2, -0.15) is 0 Å². The van der Waals surface area contributed by atoms with E-state index in [2.05, 4.69) is 0 Å². The topological polar surface area (TPSA) is 41.2 Å². The van der Waals surface area contributed by atoms with Crippen LogP contribution in [0.25, 0.3) is 0 Å². The summed E-state index contributed by atoms with van der Waals surface area (Å²) in [5.41, 5.74) is 0.806. The number of carbonyl (C=O) groups is 1. The molecule has 52 valence electrons. The average Bonchev–Trinajstić information content (AvgIpc) is 1.88. The van der Waals surface area contributed by atoms with Gasteiger partial charge in [0.1, 0.15) is 6.29 Å². The fourth-order valence-electron chi connectivity index (χ4n) is 0.728. The van der Waals surface area contributed by atoms with Gasteiger partial charge in [-0.1, -0.05) is 0 Å². The third-order valence-electron chi connectivity index (χ3n) is 1.17. The van der Waals surface area contributed by atoms with Crippen LogP contribution in [0.5, 0.6) is 0 Å². The van der Waals surface area contributed by atoms with Crippen LogP contribution in [-0.4, -0.2) is 11.5 Å². The number of aldehydes is 1. The summed E-state index contributed by atoms with van der Waals surface area (Å²) >= 11 is 0. The molecule has 0 saturated heterocycles. The van der Waals surface area contributed by atoms with E-state index in [4.69, 9.17) is 5.21 Å². The Hall–Kier alpha value is -1.38. The van der Waals surface area contributed by atoms with Crippen LogP contribution in [0.3, 0.4) is 0 Å². The van der Waals surface area contributed by atoms with Gasteiger partial charge in [-0.3, -0.25) is 5.21 Å². The lowest BCUT2D eigenvalue weighted by Gasteiger charge is -1.87. The first kappa shape index (κ1) is 6.74. The Balaban J connectivity index is 2.84. The minimum Gasteiger partial charge on any atom is -0.303 e. The van der Waals surface area contributed by atoms with Crippen molar-refractivity contribution in [3.8, 4) is 0 Å². The fourth-order valence-corrected chi connectivity index (χ4v) is 0.728. The molecule has 1 heterocycles. The fraction of sp³-hybridized carbons (Fsp3) is 0.143. The Morgan fingerprint density at radius 1 is 1.70 bits per heavy atom. The second-order valence-corrected chi connectivity index (χ2v) is 1.96. The molecule has 0 aliphatic carbocycles. The van der Waals surface area contributed by atoms with E-state index < -0.39 is 0 Å². The second-order valence-electron chi connectivity index (χ2n) is 1.96. The molecule has 0 aliphatic heterocycles. The summed E-state index contributed by atoms with van der Waals surface area (Å²) in [5, 5.41) is 8.84. The highest BCUT2D eigenvalue weighted by Gasteiger charge is 1.97. The molecule has 1 rings (SSSR count). The molecule has 10 heavy (non-hydrogen) atoms. The molecule has 0 amide bonds. The van der Waals surface area contributed by atoms with Gasteiger partial charge in [-0.25, -0.2) is 0 Å². The molecule has 3 nitrogen and oxygen atoms in total. The van der Waals surface area contributed by atoms with Crippen molar-refractivity contribution >= 4 is 6.29 Å². The van der Waals surface area contributed by atoms with Crippen LogP contribution in [-0.2, 0) is 11.2 Å². The van der Waals surface area contributed by atoms with Gasteiger partial charge in [0.25, 0.3) is 0 Å². The summed E-state index contributed by atoms with van der Waals surface area (Å²) in [6, 6.07) is 3.46. The van der Waals surface area contributed by atoms with Gasteiger partial charge in [0, 0.05) is 22.8 Å². The van der Waals surface area contributed by atoms with Crippen LogP contribution in [0, 0.1) is 0 Å². The van der Waals surface area contributed by atoms with Crippen LogP contribution in [0.1, 0.15) is 5.56 Å². The number of hydrogen-bond acceptors (Lipinski definition) is 2. The summed E-state index contributed by atoms with van der Waals surface area (Å²) in [5.74, 6) is 0. The lowest BCUT2D eigenvalue weighted by molar-refractivity contribution is -0.905. The normalized spacial score (nSPS) is 9.20. The maximum absolute atomic E-state index is 9.99. The Bertz CT molecular complexity index is 235. The second kappa shape index (κ2) is 2.96. The molecule has 0 saturated carbocycles. The van der Waals surface area contributed by atoms with Crippen molar-refractivity contribution in [3.05, 3.63) is 30.1 Å². The molecule has 0 unspecified atom stereocenters. The molecular weight excluding hydrogens is 130 g/mol. The molecule has 0 atom stereocenters. The largest absolute Gasteiger partial charge is 0.303 e. The van der Waals surface area contributed by atoms with Gasteiger partial charge in [0.15, 0.2) is 0 Å². The van der Waals surface area contributed by atoms with Gasteiger partial charge < -0.3 is 4.79 Å². The molecule has 0 fully saturated rings. The van der Waals surface area contributed by atoms with Gasteiger partial charge in [0.05, 0.1) is 0 Å². The highest BCUT2D eigenvalue weighted by molar-refractivity contribution is 5.54. The van der Waals surface area contributed by atoms with Gasteiger partial charge >= 0.3 is 0 Å². The highest BCUT2D eigenvalue weighted by atomic mass is 16.5. The average molecular weight is 138 g/mol. The monoisotopic (exact) mass is 138 g/mol. The molecule has 0 aliphatic rings. The summed E-state index contributed by atoms with van der Waals surface area (Å²) in [6.07, 6.45) is 4.14. The number of pyridine rings is 1. The molecule has 0 spiro atoms. The zero-order valence-electron chi connectivity index (χ0n) is 5.40. The van der Waals surface area contributed by atoms with E-state index in [-0.39, 0.29) is 0 Å². The quantitative estimate of drug-likeness (QED) is 0.353. The lowest BCUT2D eigenvalue weighted by atomic mass is 10.2. The Morgan fingerprint density at radius 2 is 2.50 bits per heavy atom. The number of aromatic nitrogens is 1. The minimum atomic E-state index is 0.349. The summed E-state index contributed by atoms with van der Waals surface area (Å²) < 4.78 is 0.929. The first-order valence-corrected chi connectivity index (χ1v) is 2.96. The summed E-state index contributed by atoms with van der Waals surface area (Å²) in [6.45, 7) is 0. The third-order valence-corrected chi connectivity index (χ3v) is 1.17. The number of carbonyl (C=O) groups excluding carboxylic acids is 1. The van der Waals surface area contributed by atoms with Crippen molar-refractivity contribution in [3.63, 3.8) is 0 Å². The van der Waals surface area contributed by atoms with E-state index in [1.807, 2.05) is 0 Å². The Labute approximate surface area is 58.5 Å². The molecule has 1 aromatic rings. The minimum absolute atomic E-state index is 0.349. The van der Waals surface area contributed by atoms with Crippen molar-refractivity contribution in [1.82, 2.24) is 0 Å². The molecular formula is C7H8NO2+. The standard InChI is InChI=1S/C7H8NO2/c9-5-3-7-2-1-4-8(10)6-7/h1-2,4-6,10H,3H2/q+1. The smallest absolute Gasteiger partial charge is 0.225 e. The highest BCUT2D eigenvalue weighted by Crippen LogP contribution is 1.91. The molecule has 0 radical (unpaired) electrons. The van der Waals surface area contributed by atoms with Crippen LogP contribution in [0.4, 0.5) is 0 Å².